The SMILES string of the molecule is COC(=O)c1cc(COC(=O)CN2C(=O)N[C@](C)(c3ccccc3)C2=O)oc1C. The maximum atomic E-state index is 12.8. The van der Waals surface area contributed by atoms with Gasteiger partial charge in [0.05, 0.1) is 7.11 Å². The lowest BCUT2D eigenvalue weighted by molar-refractivity contribution is -0.149. The summed E-state index contributed by atoms with van der Waals surface area (Å²) in [6, 6.07) is 9.48. The standard InChI is InChI=1S/C20H20N2O7/c1-12-15(17(24)27-3)9-14(29-12)11-28-16(23)10-22-18(25)20(2,21-19(22)26)13-7-5-4-6-8-13/h4-9H,10-11H2,1-3H3,(H,21,26)/t20-/m1/s1. The van der Waals surface area contributed by atoms with Crippen LogP contribution in [0.15, 0.2) is 40.8 Å². The van der Waals surface area contributed by atoms with Gasteiger partial charge in [-0.15, -0.1) is 0 Å². The number of esters is 2. The van der Waals surface area contributed by atoms with E-state index >= 15 is 0 Å². The summed E-state index contributed by atoms with van der Waals surface area (Å²) in [5.74, 6) is -1.34. The molecule has 9 heteroatoms. The van der Waals surface area contributed by atoms with E-state index < -0.39 is 36.0 Å². The van der Waals surface area contributed by atoms with Crippen LogP contribution in [0.5, 0.6) is 0 Å². The fraction of sp³-hybridized carbons (Fsp3) is 0.300. The third kappa shape index (κ3) is 3.84. The first-order chi connectivity index (χ1) is 13.8. The van der Waals surface area contributed by atoms with Crippen LogP contribution in [0.3, 0.4) is 0 Å². The van der Waals surface area contributed by atoms with Crippen molar-refractivity contribution < 1.29 is 33.1 Å². The van der Waals surface area contributed by atoms with Crippen LogP contribution in [0.25, 0.3) is 0 Å². The van der Waals surface area contributed by atoms with Crippen molar-refractivity contribution in [1.29, 1.82) is 0 Å². The molecule has 0 spiro atoms. The Morgan fingerprint density at radius 3 is 2.55 bits per heavy atom. The number of rotatable bonds is 6. The first-order valence-corrected chi connectivity index (χ1v) is 8.79. The van der Waals surface area contributed by atoms with Crippen LogP contribution in [0, 0.1) is 6.92 Å². The molecule has 1 aliphatic rings. The summed E-state index contributed by atoms with van der Waals surface area (Å²) in [5.41, 5.74) is -0.423. The molecule has 0 radical (unpaired) electrons. The number of ether oxygens (including phenoxy) is 2. The highest BCUT2D eigenvalue weighted by Gasteiger charge is 2.49. The van der Waals surface area contributed by atoms with Gasteiger partial charge in [0.25, 0.3) is 5.91 Å². The zero-order valence-electron chi connectivity index (χ0n) is 16.2. The summed E-state index contributed by atoms with van der Waals surface area (Å²) in [4.78, 5) is 49.6. The van der Waals surface area contributed by atoms with Crippen LogP contribution < -0.4 is 5.32 Å². The van der Waals surface area contributed by atoms with Gasteiger partial charge in [-0.2, -0.15) is 0 Å². The molecule has 1 aromatic heterocycles. The molecule has 1 atom stereocenters. The van der Waals surface area contributed by atoms with E-state index in [0.717, 1.165) is 4.90 Å². The molecular formula is C20H20N2O7. The summed E-state index contributed by atoms with van der Waals surface area (Å²) >= 11 is 0. The Morgan fingerprint density at radius 1 is 1.21 bits per heavy atom. The number of furan rings is 1. The molecule has 3 rings (SSSR count). The van der Waals surface area contributed by atoms with E-state index in [1.165, 1.54) is 13.2 Å². The fourth-order valence-electron chi connectivity index (χ4n) is 3.06. The highest BCUT2D eigenvalue weighted by atomic mass is 16.5. The zero-order valence-corrected chi connectivity index (χ0v) is 16.2. The first-order valence-electron chi connectivity index (χ1n) is 8.79. The van der Waals surface area contributed by atoms with Crippen LogP contribution in [-0.2, 0) is 31.2 Å². The van der Waals surface area contributed by atoms with E-state index in [-0.39, 0.29) is 17.9 Å². The molecule has 1 aromatic carbocycles. The molecule has 152 valence electrons. The summed E-state index contributed by atoms with van der Waals surface area (Å²) < 4.78 is 15.1. The van der Waals surface area contributed by atoms with Gasteiger partial charge >= 0.3 is 18.0 Å². The number of carbonyl (C=O) groups excluding carboxylic acids is 4. The average Bonchev–Trinajstić information content (AvgIpc) is 3.19. The third-order valence-electron chi connectivity index (χ3n) is 4.66. The second-order valence-corrected chi connectivity index (χ2v) is 6.65. The van der Waals surface area contributed by atoms with Gasteiger partial charge in [0.15, 0.2) is 0 Å². The van der Waals surface area contributed by atoms with Gasteiger partial charge in [-0.05, 0) is 25.5 Å². The highest BCUT2D eigenvalue weighted by molar-refractivity contribution is 6.08. The summed E-state index contributed by atoms with van der Waals surface area (Å²) in [6.07, 6.45) is 0. The number of amides is 3. The summed E-state index contributed by atoms with van der Waals surface area (Å²) in [5, 5.41) is 2.62. The normalized spacial score (nSPS) is 18.5. The minimum atomic E-state index is -1.26. The number of nitrogens with zero attached hydrogens (tertiary/aromatic N) is 1. The Labute approximate surface area is 166 Å². The van der Waals surface area contributed by atoms with Gasteiger partial charge < -0.3 is 19.2 Å². The molecule has 9 nitrogen and oxygen atoms in total. The molecule has 29 heavy (non-hydrogen) atoms. The smallest absolute Gasteiger partial charge is 0.341 e. The Kier molecular flexibility index (Phi) is 5.40. The molecule has 2 heterocycles. The van der Waals surface area contributed by atoms with Crippen molar-refractivity contribution in [3.63, 3.8) is 0 Å². The predicted molar refractivity (Wildman–Crippen MR) is 98.6 cm³/mol. The van der Waals surface area contributed by atoms with Crippen molar-refractivity contribution in [2.45, 2.75) is 26.0 Å². The van der Waals surface area contributed by atoms with E-state index in [9.17, 15) is 19.2 Å². The molecule has 1 N–H and O–H groups in total. The second kappa shape index (κ2) is 7.78. The van der Waals surface area contributed by atoms with E-state index in [4.69, 9.17) is 9.15 Å². The number of carbonyl (C=O) groups is 4. The number of methoxy groups -OCH3 is 1. The van der Waals surface area contributed by atoms with Crippen molar-refractivity contribution in [2.75, 3.05) is 13.7 Å². The second-order valence-electron chi connectivity index (χ2n) is 6.65. The number of aryl methyl sites for hydroxylation is 1. The number of benzene rings is 1. The van der Waals surface area contributed by atoms with Crippen molar-refractivity contribution in [3.8, 4) is 0 Å². The fourth-order valence-corrected chi connectivity index (χ4v) is 3.06. The number of urea groups is 1. The molecule has 0 unspecified atom stereocenters. The van der Waals surface area contributed by atoms with Gasteiger partial charge in [-0.25, -0.2) is 9.59 Å². The lowest BCUT2D eigenvalue weighted by Crippen LogP contribution is -2.41. The number of hydrogen-bond donors (Lipinski definition) is 1. The lowest BCUT2D eigenvalue weighted by Gasteiger charge is -2.21. The zero-order chi connectivity index (χ0) is 21.2. The molecule has 1 aliphatic heterocycles. The van der Waals surface area contributed by atoms with E-state index in [1.807, 2.05) is 0 Å². The topological polar surface area (TPSA) is 115 Å². The highest BCUT2D eigenvalue weighted by Crippen LogP contribution is 2.28. The lowest BCUT2D eigenvalue weighted by atomic mass is 9.92. The molecule has 2 aromatic rings. The van der Waals surface area contributed by atoms with Gasteiger partial charge in [0, 0.05) is 0 Å². The molecule has 1 fully saturated rings. The Bertz CT molecular complexity index is 966. The van der Waals surface area contributed by atoms with Crippen LogP contribution in [0.4, 0.5) is 4.79 Å². The first kappa shape index (κ1) is 20.1. The van der Waals surface area contributed by atoms with Gasteiger partial charge in [-0.1, -0.05) is 30.3 Å². The Hall–Kier alpha value is -3.62. The Balaban J connectivity index is 1.63. The van der Waals surface area contributed by atoms with Gasteiger partial charge in [-0.3, -0.25) is 14.5 Å². The quantitative estimate of drug-likeness (QED) is 0.581. The molecule has 0 aliphatic carbocycles. The van der Waals surface area contributed by atoms with Crippen LogP contribution in [0.1, 0.15) is 34.4 Å². The van der Waals surface area contributed by atoms with Crippen LogP contribution >= 0.6 is 0 Å². The Morgan fingerprint density at radius 2 is 1.90 bits per heavy atom. The third-order valence-corrected chi connectivity index (χ3v) is 4.66. The monoisotopic (exact) mass is 400 g/mol. The van der Waals surface area contributed by atoms with Crippen molar-refractivity contribution in [2.24, 2.45) is 0 Å². The molecular weight excluding hydrogens is 380 g/mol. The summed E-state index contributed by atoms with van der Waals surface area (Å²) in [7, 11) is 1.25. The maximum Gasteiger partial charge on any atom is 0.341 e. The predicted octanol–water partition coefficient (Wildman–Crippen LogP) is 1.89. The number of hydrogen-bond acceptors (Lipinski definition) is 7. The molecule has 3 amide bonds. The summed E-state index contributed by atoms with van der Waals surface area (Å²) in [6.45, 7) is 2.36. The van der Waals surface area contributed by atoms with E-state index in [1.54, 1.807) is 44.2 Å². The largest absolute Gasteiger partial charge is 0.465 e. The van der Waals surface area contributed by atoms with Crippen molar-refractivity contribution in [1.82, 2.24) is 10.2 Å². The van der Waals surface area contributed by atoms with E-state index in [2.05, 4.69) is 10.1 Å². The minimum absolute atomic E-state index is 0.228. The van der Waals surface area contributed by atoms with Crippen LogP contribution in [0.2, 0.25) is 0 Å². The minimum Gasteiger partial charge on any atom is -0.465 e. The van der Waals surface area contributed by atoms with Gasteiger partial charge in [0.1, 0.15) is 35.8 Å². The average molecular weight is 400 g/mol. The number of imide groups is 1. The van der Waals surface area contributed by atoms with Gasteiger partial charge in [0.2, 0.25) is 0 Å². The van der Waals surface area contributed by atoms with Crippen molar-refractivity contribution >= 4 is 23.9 Å². The van der Waals surface area contributed by atoms with Crippen molar-refractivity contribution in [3.05, 3.63) is 59.0 Å². The molecule has 0 saturated carbocycles. The number of nitrogens with one attached hydrogen (secondary N) is 1. The van der Waals surface area contributed by atoms with E-state index in [0.29, 0.717) is 11.3 Å². The molecule has 0 bridgehead atoms. The molecule has 1 saturated heterocycles. The van der Waals surface area contributed by atoms with Crippen LogP contribution in [-0.4, -0.2) is 42.4 Å². The maximum absolute atomic E-state index is 12.8.